The molecule has 0 spiro atoms. The zero-order valence-corrected chi connectivity index (χ0v) is 16.2. The Bertz CT molecular complexity index is 1380. The lowest BCUT2D eigenvalue weighted by Gasteiger charge is -2.10. The van der Waals surface area contributed by atoms with Crippen LogP contribution in [0.4, 0.5) is 5.69 Å². The van der Waals surface area contributed by atoms with Gasteiger partial charge in [0.25, 0.3) is 11.8 Å². The van der Waals surface area contributed by atoms with Gasteiger partial charge in [0.1, 0.15) is 12.1 Å². The van der Waals surface area contributed by atoms with Gasteiger partial charge in [0.15, 0.2) is 0 Å². The molecular formula is C22H14ClN5O2. The van der Waals surface area contributed by atoms with E-state index in [1.54, 1.807) is 54.9 Å². The number of fused-ring (bicyclic) bond motifs is 3. The van der Waals surface area contributed by atoms with E-state index in [2.05, 4.69) is 20.5 Å². The minimum atomic E-state index is -0.282. The third-order valence-corrected chi connectivity index (χ3v) is 4.88. The number of nitrogens with zero attached hydrogens (tertiary/aromatic N) is 4. The first-order valence-electron chi connectivity index (χ1n) is 9.11. The highest BCUT2D eigenvalue weighted by Gasteiger charge is 2.13. The number of aromatic nitrogens is 4. The van der Waals surface area contributed by atoms with Gasteiger partial charge in [0, 0.05) is 5.69 Å². The van der Waals surface area contributed by atoms with Crippen molar-refractivity contribution >= 4 is 39.9 Å². The molecule has 0 atom stereocenters. The number of anilines is 1. The first-order chi connectivity index (χ1) is 14.7. The molecule has 2 aromatic heterocycles. The zero-order chi connectivity index (χ0) is 20.5. The summed E-state index contributed by atoms with van der Waals surface area (Å²) in [6, 6.07) is 21.5. The van der Waals surface area contributed by atoms with Gasteiger partial charge in [-0.3, -0.25) is 9.20 Å². The number of benzene rings is 3. The van der Waals surface area contributed by atoms with Crippen molar-refractivity contribution in [2.45, 2.75) is 0 Å². The van der Waals surface area contributed by atoms with Crippen LogP contribution in [0.1, 0.15) is 10.4 Å². The summed E-state index contributed by atoms with van der Waals surface area (Å²) in [5, 5.41) is 11.3. The molecule has 0 saturated carbocycles. The quantitative estimate of drug-likeness (QED) is 0.448. The molecule has 0 saturated heterocycles. The van der Waals surface area contributed by atoms with Crippen molar-refractivity contribution in [3.8, 4) is 11.6 Å². The molecule has 1 amide bonds. The lowest BCUT2D eigenvalue weighted by molar-refractivity contribution is 0.102. The van der Waals surface area contributed by atoms with Gasteiger partial charge in [-0.1, -0.05) is 35.9 Å². The molecule has 1 N–H and O–H groups in total. The van der Waals surface area contributed by atoms with Crippen molar-refractivity contribution in [3.05, 3.63) is 89.7 Å². The molecule has 0 fully saturated rings. The van der Waals surface area contributed by atoms with E-state index in [0.717, 1.165) is 11.0 Å². The summed E-state index contributed by atoms with van der Waals surface area (Å²) in [7, 11) is 0. The molecule has 2 heterocycles. The van der Waals surface area contributed by atoms with Gasteiger partial charge in [-0.2, -0.15) is 0 Å². The molecule has 5 rings (SSSR count). The molecule has 0 bridgehead atoms. The Kier molecular flexibility index (Phi) is 4.49. The minimum Gasteiger partial charge on any atom is -0.436 e. The Hall–Kier alpha value is -3.97. The van der Waals surface area contributed by atoms with Gasteiger partial charge >= 0.3 is 0 Å². The van der Waals surface area contributed by atoms with Crippen molar-refractivity contribution in [1.29, 1.82) is 0 Å². The van der Waals surface area contributed by atoms with Crippen LogP contribution in [0, 0.1) is 0 Å². The fraction of sp³-hybridized carbons (Fsp3) is 0. The molecule has 5 aromatic rings. The molecular weight excluding hydrogens is 402 g/mol. The summed E-state index contributed by atoms with van der Waals surface area (Å²) in [4.78, 5) is 17.0. The normalized spacial score (nSPS) is 11.0. The van der Waals surface area contributed by atoms with E-state index in [4.69, 9.17) is 16.3 Å². The van der Waals surface area contributed by atoms with Gasteiger partial charge in [-0.05, 0) is 48.5 Å². The van der Waals surface area contributed by atoms with Crippen LogP contribution in [0.3, 0.4) is 0 Å². The van der Waals surface area contributed by atoms with Gasteiger partial charge in [-0.25, -0.2) is 4.98 Å². The molecule has 7 nitrogen and oxygen atoms in total. The fourth-order valence-electron chi connectivity index (χ4n) is 3.11. The van der Waals surface area contributed by atoms with Crippen molar-refractivity contribution < 1.29 is 9.53 Å². The lowest BCUT2D eigenvalue weighted by atomic mass is 10.2. The number of rotatable bonds is 4. The van der Waals surface area contributed by atoms with Crippen LogP contribution in [0.5, 0.6) is 11.6 Å². The van der Waals surface area contributed by atoms with Gasteiger partial charge in [-0.15, -0.1) is 10.2 Å². The molecule has 0 aliphatic heterocycles. The number of para-hydroxylation sites is 2. The largest absolute Gasteiger partial charge is 0.436 e. The van der Waals surface area contributed by atoms with E-state index < -0.39 is 0 Å². The molecule has 0 aliphatic rings. The highest BCUT2D eigenvalue weighted by atomic mass is 35.5. The van der Waals surface area contributed by atoms with Crippen LogP contribution in [0.2, 0.25) is 5.02 Å². The number of halogens is 1. The van der Waals surface area contributed by atoms with Crippen molar-refractivity contribution in [2.24, 2.45) is 0 Å². The minimum absolute atomic E-state index is 0.282. The van der Waals surface area contributed by atoms with E-state index in [1.807, 2.05) is 28.7 Å². The third-order valence-electron chi connectivity index (χ3n) is 4.55. The van der Waals surface area contributed by atoms with Crippen LogP contribution in [-0.2, 0) is 0 Å². The first kappa shape index (κ1) is 18.1. The topological polar surface area (TPSA) is 81.4 Å². The highest BCUT2D eigenvalue weighted by Crippen LogP contribution is 2.27. The van der Waals surface area contributed by atoms with Crippen LogP contribution in [-0.4, -0.2) is 25.5 Å². The Labute approximate surface area is 175 Å². The van der Waals surface area contributed by atoms with E-state index in [-0.39, 0.29) is 5.91 Å². The van der Waals surface area contributed by atoms with Crippen LogP contribution in [0.15, 0.2) is 79.1 Å². The molecule has 30 heavy (non-hydrogen) atoms. The molecule has 0 radical (unpaired) electrons. The maximum Gasteiger partial charge on any atom is 0.266 e. The van der Waals surface area contributed by atoms with Crippen LogP contribution in [0.25, 0.3) is 16.7 Å². The molecule has 3 aromatic carbocycles. The zero-order valence-electron chi connectivity index (χ0n) is 15.5. The van der Waals surface area contributed by atoms with E-state index in [0.29, 0.717) is 33.6 Å². The monoisotopic (exact) mass is 415 g/mol. The number of carbonyl (C=O) groups excluding carboxylic acids is 1. The maximum atomic E-state index is 12.4. The fourth-order valence-corrected chi connectivity index (χ4v) is 3.33. The highest BCUT2D eigenvalue weighted by molar-refractivity contribution is 6.34. The SMILES string of the molecule is O=C(Nc1ccc(Oc2nc3ccccc3n3cnnc23)cc1)c1ccccc1Cl. The summed E-state index contributed by atoms with van der Waals surface area (Å²) < 4.78 is 7.78. The number of nitrogens with one attached hydrogen (secondary N) is 1. The Morgan fingerprint density at radius 2 is 1.73 bits per heavy atom. The lowest BCUT2D eigenvalue weighted by Crippen LogP contribution is -2.12. The van der Waals surface area contributed by atoms with Gasteiger partial charge in [0.2, 0.25) is 5.65 Å². The van der Waals surface area contributed by atoms with Gasteiger partial charge < -0.3 is 10.1 Å². The molecule has 0 unspecified atom stereocenters. The summed E-state index contributed by atoms with van der Waals surface area (Å²) >= 11 is 6.08. The Balaban J connectivity index is 1.39. The standard InChI is InChI=1S/C22H14ClN5O2/c23-17-6-2-1-5-16(17)21(29)25-14-9-11-15(12-10-14)30-22-20-27-24-13-28(20)19-8-4-3-7-18(19)26-22/h1-13H,(H,25,29). The average Bonchev–Trinajstić information content (AvgIpc) is 3.26. The third kappa shape index (κ3) is 3.31. The Morgan fingerprint density at radius 1 is 0.967 bits per heavy atom. The van der Waals surface area contributed by atoms with E-state index in [9.17, 15) is 4.79 Å². The summed E-state index contributed by atoms with van der Waals surface area (Å²) in [5.74, 6) is 0.619. The van der Waals surface area contributed by atoms with Gasteiger partial charge in [0.05, 0.1) is 21.6 Å². The number of ether oxygens (including phenoxy) is 1. The second kappa shape index (κ2) is 7.46. The average molecular weight is 416 g/mol. The summed E-state index contributed by atoms with van der Waals surface area (Å²) in [6.45, 7) is 0. The van der Waals surface area contributed by atoms with E-state index >= 15 is 0 Å². The number of hydrogen-bond donors (Lipinski definition) is 1. The first-order valence-corrected chi connectivity index (χ1v) is 9.49. The second-order valence-corrected chi connectivity index (χ2v) is 6.90. The summed E-state index contributed by atoms with van der Waals surface area (Å²) in [5.41, 5.74) is 3.20. The molecule has 8 heteroatoms. The number of amides is 1. The summed E-state index contributed by atoms with van der Waals surface area (Å²) in [6.07, 6.45) is 1.62. The molecule has 0 aliphatic carbocycles. The number of carbonyl (C=O) groups is 1. The molecule has 146 valence electrons. The predicted octanol–water partition coefficient (Wildman–Crippen LogP) is 4.98. The predicted molar refractivity (Wildman–Crippen MR) is 114 cm³/mol. The van der Waals surface area contributed by atoms with Crippen LogP contribution < -0.4 is 10.1 Å². The van der Waals surface area contributed by atoms with Crippen LogP contribution >= 0.6 is 11.6 Å². The van der Waals surface area contributed by atoms with Crippen molar-refractivity contribution in [3.63, 3.8) is 0 Å². The number of hydrogen-bond acceptors (Lipinski definition) is 5. The van der Waals surface area contributed by atoms with Crippen molar-refractivity contribution in [2.75, 3.05) is 5.32 Å². The second-order valence-electron chi connectivity index (χ2n) is 6.49. The smallest absolute Gasteiger partial charge is 0.266 e. The Morgan fingerprint density at radius 3 is 2.57 bits per heavy atom. The van der Waals surface area contributed by atoms with Crippen molar-refractivity contribution in [1.82, 2.24) is 19.6 Å². The van der Waals surface area contributed by atoms with E-state index in [1.165, 1.54) is 0 Å². The maximum absolute atomic E-state index is 12.4.